The Bertz CT molecular complexity index is 1100. The number of ether oxygens (including phenoxy) is 1. The molecule has 0 spiro atoms. The topological polar surface area (TPSA) is 67.2 Å². The molecule has 0 N–H and O–H groups in total. The van der Waals surface area contributed by atoms with Crippen molar-refractivity contribution in [2.24, 2.45) is 0 Å². The summed E-state index contributed by atoms with van der Waals surface area (Å²) in [6.07, 6.45) is 3.73. The summed E-state index contributed by atoms with van der Waals surface area (Å²) in [7, 11) is 0. The SMILES string of the molecule is O=C(c1cn2cc(Cl)ccc2n1)N1CCN2C(=O)OCC2(Cc2ccccc2)C1. The van der Waals surface area contributed by atoms with Gasteiger partial charge >= 0.3 is 6.09 Å². The number of carbonyl (C=O) groups excluding carboxylic acids is 2. The number of nitrogens with zero attached hydrogens (tertiary/aromatic N) is 4. The highest BCUT2D eigenvalue weighted by atomic mass is 35.5. The van der Waals surface area contributed by atoms with Crippen LogP contribution in [-0.2, 0) is 11.2 Å². The number of hydrogen-bond donors (Lipinski definition) is 0. The van der Waals surface area contributed by atoms with Crippen LogP contribution in [0.4, 0.5) is 4.79 Å². The van der Waals surface area contributed by atoms with Gasteiger partial charge in [-0.15, -0.1) is 0 Å². The molecule has 148 valence electrons. The Kier molecular flexibility index (Phi) is 4.20. The van der Waals surface area contributed by atoms with Crippen LogP contribution in [0.15, 0.2) is 54.9 Å². The summed E-state index contributed by atoms with van der Waals surface area (Å²) in [6.45, 7) is 1.56. The van der Waals surface area contributed by atoms with Gasteiger partial charge < -0.3 is 14.0 Å². The third-order valence-electron chi connectivity index (χ3n) is 5.63. The van der Waals surface area contributed by atoms with Crippen molar-refractivity contribution < 1.29 is 14.3 Å². The van der Waals surface area contributed by atoms with E-state index in [1.165, 1.54) is 0 Å². The van der Waals surface area contributed by atoms with E-state index in [0.717, 1.165) is 5.56 Å². The maximum Gasteiger partial charge on any atom is 0.410 e. The summed E-state index contributed by atoms with van der Waals surface area (Å²) in [5.74, 6) is -0.156. The van der Waals surface area contributed by atoms with Crippen LogP contribution in [0.5, 0.6) is 0 Å². The lowest BCUT2D eigenvalue weighted by atomic mass is 9.88. The van der Waals surface area contributed by atoms with Crippen molar-refractivity contribution in [2.75, 3.05) is 26.2 Å². The average Bonchev–Trinajstić information content (AvgIpc) is 3.29. The number of benzene rings is 1. The maximum atomic E-state index is 13.2. The van der Waals surface area contributed by atoms with Gasteiger partial charge in [0.15, 0.2) is 0 Å². The van der Waals surface area contributed by atoms with Gasteiger partial charge in [-0.1, -0.05) is 41.9 Å². The van der Waals surface area contributed by atoms with Crippen molar-refractivity contribution in [3.05, 3.63) is 71.1 Å². The van der Waals surface area contributed by atoms with Gasteiger partial charge in [-0.3, -0.25) is 9.69 Å². The average molecular weight is 411 g/mol. The van der Waals surface area contributed by atoms with E-state index in [0.29, 0.717) is 42.4 Å². The van der Waals surface area contributed by atoms with Gasteiger partial charge in [-0.05, 0) is 17.7 Å². The predicted octanol–water partition coefficient (Wildman–Crippen LogP) is 2.88. The van der Waals surface area contributed by atoms with Gasteiger partial charge in [-0.2, -0.15) is 0 Å². The molecule has 4 heterocycles. The van der Waals surface area contributed by atoms with Crippen molar-refractivity contribution in [3.63, 3.8) is 0 Å². The van der Waals surface area contributed by atoms with Gasteiger partial charge in [0.2, 0.25) is 0 Å². The highest BCUT2D eigenvalue weighted by molar-refractivity contribution is 6.30. The maximum absolute atomic E-state index is 13.2. The quantitative estimate of drug-likeness (QED) is 0.666. The zero-order valence-electron chi connectivity index (χ0n) is 15.6. The first kappa shape index (κ1) is 18.0. The van der Waals surface area contributed by atoms with Gasteiger partial charge in [0, 0.05) is 38.4 Å². The van der Waals surface area contributed by atoms with Crippen LogP contribution in [0.2, 0.25) is 5.02 Å². The van der Waals surface area contributed by atoms with Crippen molar-refractivity contribution in [1.82, 2.24) is 19.2 Å². The summed E-state index contributed by atoms with van der Waals surface area (Å²) >= 11 is 6.03. The second-order valence-corrected chi connectivity index (χ2v) is 8.00. The number of rotatable bonds is 3. The molecule has 29 heavy (non-hydrogen) atoms. The smallest absolute Gasteiger partial charge is 0.410 e. The predicted molar refractivity (Wildman–Crippen MR) is 107 cm³/mol. The van der Waals surface area contributed by atoms with E-state index in [9.17, 15) is 9.59 Å². The molecule has 3 aromatic rings. The van der Waals surface area contributed by atoms with E-state index < -0.39 is 5.54 Å². The summed E-state index contributed by atoms with van der Waals surface area (Å²) in [4.78, 5) is 33.4. The molecule has 1 unspecified atom stereocenters. The molecule has 2 aliphatic rings. The van der Waals surface area contributed by atoms with Crippen LogP contribution in [-0.4, -0.2) is 63.0 Å². The van der Waals surface area contributed by atoms with Crippen molar-refractivity contribution in [1.29, 1.82) is 0 Å². The van der Waals surface area contributed by atoms with Crippen LogP contribution >= 0.6 is 11.6 Å². The molecule has 2 aliphatic heterocycles. The minimum atomic E-state index is -0.561. The molecule has 0 radical (unpaired) electrons. The molecule has 2 saturated heterocycles. The molecule has 0 aliphatic carbocycles. The number of pyridine rings is 1. The molecule has 1 atom stereocenters. The first-order valence-corrected chi connectivity index (χ1v) is 9.84. The van der Waals surface area contributed by atoms with Crippen molar-refractivity contribution in [2.45, 2.75) is 12.0 Å². The molecular formula is C21H19ClN4O3. The van der Waals surface area contributed by atoms with Gasteiger partial charge in [0.05, 0.1) is 5.02 Å². The monoisotopic (exact) mass is 410 g/mol. The summed E-state index contributed by atoms with van der Waals surface area (Å²) in [5, 5.41) is 0.575. The molecule has 0 saturated carbocycles. The molecule has 0 bridgehead atoms. The molecule has 1 aromatic carbocycles. The Labute approximate surface area is 172 Å². The normalized spacial score (nSPS) is 21.3. The molecule has 2 amide bonds. The zero-order valence-corrected chi connectivity index (χ0v) is 16.4. The number of cyclic esters (lactones) is 1. The Morgan fingerprint density at radius 1 is 1.14 bits per heavy atom. The van der Waals surface area contributed by atoms with Crippen LogP contribution in [0.3, 0.4) is 0 Å². The van der Waals surface area contributed by atoms with Crippen LogP contribution in [0, 0.1) is 0 Å². The van der Waals surface area contributed by atoms with Gasteiger partial charge in [0.25, 0.3) is 5.91 Å². The highest BCUT2D eigenvalue weighted by Crippen LogP contribution is 2.33. The van der Waals surface area contributed by atoms with Gasteiger partial charge in [-0.25, -0.2) is 9.78 Å². The molecular weight excluding hydrogens is 392 g/mol. The van der Waals surface area contributed by atoms with Crippen molar-refractivity contribution in [3.8, 4) is 0 Å². The molecule has 7 nitrogen and oxygen atoms in total. The number of halogens is 1. The van der Waals surface area contributed by atoms with Crippen LogP contribution in [0.1, 0.15) is 16.1 Å². The standard InChI is InChI=1S/C21H19ClN4O3/c22-16-6-7-18-23-17(12-25(18)11-16)19(27)24-8-9-26-20(28)29-14-21(26,13-24)10-15-4-2-1-3-5-15/h1-7,11-12H,8-10,13-14H2. The number of hydrogen-bond acceptors (Lipinski definition) is 4. The van der Waals surface area contributed by atoms with E-state index in [1.807, 2.05) is 30.3 Å². The fourth-order valence-corrected chi connectivity index (χ4v) is 4.41. The number of piperazine rings is 1. The Morgan fingerprint density at radius 2 is 1.97 bits per heavy atom. The second kappa shape index (κ2) is 6.77. The highest BCUT2D eigenvalue weighted by Gasteiger charge is 2.51. The summed E-state index contributed by atoms with van der Waals surface area (Å²) in [5.41, 5.74) is 1.57. The number of amides is 2. The summed E-state index contributed by atoms with van der Waals surface area (Å²) in [6, 6.07) is 13.5. The zero-order chi connectivity index (χ0) is 20.0. The minimum absolute atomic E-state index is 0.156. The summed E-state index contributed by atoms with van der Waals surface area (Å²) < 4.78 is 7.13. The third kappa shape index (κ3) is 3.11. The first-order valence-electron chi connectivity index (χ1n) is 9.46. The Hall–Kier alpha value is -3.06. The van der Waals surface area contributed by atoms with Crippen LogP contribution in [0.25, 0.3) is 5.65 Å². The largest absolute Gasteiger partial charge is 0.447 e. The Morgan fingerprint density at radius 3 is 2.79 bits per heavy atom. The van der Waals surface area contributed by atoms with E-state index in [-0.39, 0.29) is 18.6 Å². The van der Waals surface area contributed by atoms with Crippen molar-refractivity contribution >= 4 is 29.2 Å². The Balaban J connectivity index is 1.43. The van der Waals surface area contributed by atoms with Gasteiger partial charge in [0.1, 0.15) is 23.5 Å². The number of imidazole rings is 1. The van der Waals surface area contributed by atoms with E-state index in [1.54, 1.807) is 38.7 Å². The van der Waals surface area contributed by atoms with Crippen LogP contribution < -0.4 is 0 Å². The lowest BCUT2D eigenvalue weighted by molar-refractivity contribution is 0.0371. The fraction of sp³-hybridized carbons (Fsp3) is 0.286. The van der Waals surface area contributed by atoms with E-state index in [4.69, 9.17) is 16.3 Å². The molecule has 2 aromatic heterocycles. The number of aromatic nitrogens is 2. The lowest BCUT2D eigenvalue weighted by Crippen LogP contribution is -2.63. The van der Waals surface area contributed by atoms with E-state index >= 15 is 0 Å². The molecule has 2 fully saturated rings. The third-order valence-corrected chi connectivity index (χ3v) is 5.86. The fourth-order valence-electron chi connectivity index (χ4n) is 4.24. The lowest BCUT2D eigenvalue weighted by Gasteiger charge is -2.44. The molecule has 8 heteroatoms. The molecule has 5 rings (SSSR count). The number of carbonyl (C=O) groups is 2. The number of fused-ring (bicyclic) bond motifs is 2. The second-order valence-electron chi connectivity index (χ2n) is 7.56. The first-order chi connectivity index (χ1) is 14.0. The minimum Gasteiger partial charge on any atom is -0.447 e. The van der Waals surface area contributed by atoms with E-state index in [2.05, 4.69) is 4.98 Å².